The van der Waals surface area contributed by atoms with Gasteiger partial charge in [-0.3, -0.25) is 0 Å². The summed E-state index contributed by atoms with van der Waals surface area (Å²) < 4.78 is 23.8. The molecule has 4 aliphatic heterocycles. The fourth-order valence-electron chi connectivity index (χ4n) is 8.50. The number of likely N-dealkylation sites (tertiary alicyclic amines) is 2. The Morgan fingerprint density at radius 2 is 1.04 bits per heavy atom. The summed E-state index contributed by atoms with van der Waals surface area (Å²) in [5.41, 5.74) is 9.46. The van der Waals surface area contributed by atoms with Crippen molar-refractivity contribution in [1.29, 1.82) is 0 Å². The van der Waals surface area contributed by atoms with Crippen LogP contribution in [0.2, 0.25) is 0 Å². The van der Waals surface area contributed by atoms with Gasteiger partial charge in [-0.05, 0) is 145 Å². The summed E-state index contributed by atoms with van der Waals surface area (Å²) in [5, 5.41) is 9.57. The number of aromatic nitrogens is 2. The van der Waals surface area contributed by atoms with E-state index >= 15 is 0 Å². The average molecular weight is 735 g/mol. The van der Waals surface area contributed by atoms with Gasteiger partial charge in [0.15, 0.2) is 0 Å². The molecular weight excluding hydrogens is 677 g/mol. The Kier molecular flexibility index (Phi) is 10.8. The summed E-state index contributed by atoms with van der Waals surface area (Å²) in [6.45, 7) is 15.8. The minimum Gasteiger partial charge on any atom is -0.493 e. The Labute approximate surface area is 320 Å². The first-order valence-electron chi connectivity index (χ1n) is 20.9. The largest absolute Gasteiger partial charge is 0.493 e. The molecule has 6 heterocycles. The van der Waals surface area contributed by atoms with Crippen molar-refractivity contribution in [3.63, 3.8) is 0 Å². The van der Waals surface area contributed by atoms with E-state index < -0.39 is 0 Å². The molecule has 10 rings (SSSR count). The highest BCUT2D eigenvalue weighted by Gasteiger charge is 2.28. The van der Waals surface area contributed by atoms with Crippen LogP contribution in [0.1, 0.15) is 97.6 Å². The molecule has 10 nitrogen and oxygen atoms in total. The van der Waals surface area contributed by atoms with E-state index in [1.165, 1.54) is 116 Å². The normalized spacial score (nSPS) is 19.6. The maximum atomic E-state index is 6.16. The second-order valence-electron chi connectivity index (χ2n) is 16.4. The number of nitrogens with one attached hydrogen (secondary N) is 2. The minimum atomic E-state index is 0.589. The summed E-state index contributed by atoms with van der Waals surface area (Å²) >= 11 is 0. The number of aryl methyl sites for hydroxylation is 2. The van der Waals surface area contributed by atoms with Crippen molar-refractivity contribution in [2.45, 2.75) is 117 Å². The van der Waals surface area contributed by atoms with Crippen LogP contribution in [0.5, 0.6) is 11.5 Å². The van der Waals surface area contributed by atoms with Crippen LogP contribution in [-0.2, 0) is 35.9 Å². The van der Waals surface area contributed by atoms with Gasteiger partial charge in [0, 0.05) is 53.1 Å². The van der Waals surface area contributed by atoms with Crippen LogP contribution in [0.4, 0.5) is 11.6 Å². The zero-order valence-corrected chi connectivity index (χ0v) is 32.4. The Balaban J connectivity index is 0.000000142. The maximum absolute atomic E-state index is 6.16. The second kappa shape index (κ2) is 16.2. The number of ether oxygens (including phenoxy) is 4. The van der Waals surface area contributed by atoms with E-state index in [9.17, 15) is 0 Å². The molecule has 2 N–H and O–H groups in total. The third-order valence-corrected chi connectivity index (χ3v) is 12.0. The number of pyridine rings is 2. The van der Waals surface area contributed by atoms with Gasteiger partial charge >= 0.3 is 0 Å². The topological polar surface area (TPSA) is 93.2 Å². The number of hydrogen-bond donors (Lipinski definition) is 2. The van der Waals surface area contributed by atoms with Crippen molar-refractivity contribution in [1.82, 2.24) is 19.8 Å². The molecule has 0 amide bonds. The predicted octanol–water partition coefficient (Wildman–Crippen LogP) is 8.02. The van der Waals surface area contributed by atoms with Gasteiger partial charge in [0.2, 0.25) is 0 Å². The number of anilines is 2. The molecule has 4 fully saturated rings. The molecule has 0 unspecified atom stereocenters. The Bertz CT molecular complexity index is 1970. The quantitative estimate of drug-likeness (QED) is 0.124. The van der Waals surface area contributed by atoms with Gasteiger partial charge < -0.3 is 39.4 Å². The van der Waals surface area contributed by atoms with Gasteiger partial charge in [-0.25, -0.2) is 9.97 Å². The Morgan fingerprint density at radius 3 is 1.56 bits per heavy atom. The first-order valence-corrected chi connectivity index (χ1v) is 20.9. The Hall–Kier alpha value is -3.70. The van der Waals surface area contributed by atoms with E-state index in [1.807, 2.05) is 0 Å². The van der Waals surface area contributed by atoms with E-state index in [0.29, 0.717) is 38.5 Å². The smallest absolute Gasteiger partial charge is 0.132 e. The van der Waals surface area contributed by atoms with Crippen molar-refractivity contribution in [2.24, 2.45) is 0 Å². The molecule has 0 spiro atoms. The third-order valence-electron chi connectivity index (χ3n) is 12.0. The van der Waals surface area contributed by atoms with Crippen LogP contribution < -0.4 is 20.1 Å². The lowest BCUT2D eigenvalue weighted by atomic mass is 10.0. The summed E-state index contributed by atoms with van der Waals surface area (Å²) in [5.74, 6) is 3.99. The number of benzene rings is 2. The highest BCUT2D eigenvalue weighted by atomic mass is 16.5. The highest BCUT2D eigenvalue weighted by molar-refractivity contribution is 5.89. The molecule has 2 saturated carbocycles. The monoisotopic (exact) mass is 734 g/mol. The van der Waals surface area contributed by atoms with Crippen LogP contribution in [0.25, 0.3) is 21.8 Å². The molecule has 54 heavy (non-hydrogen) atoms. The molecule has 2 saturated heterocycles. The van der Waals surface area contributed by atoms with Gasteiger partial charge in [-0.15, -0.1) is 0 Å². The molecule has 2 aromatic heterocycles. The van der Waals surface area contributed by atoms with E-state index in [2.05, 4.69) is 58.5 Å². The molecule has 0 bridgehead atoms. The van der Waals surface area contributed by atoms with Crippen molar-refractivity contribution in [3.8, 4) is 11.5 Å². The molecular formula is C44H58N6O4. The zero-order chi connectivity index (χ0) is 36.4. The Morgan fingerprint density at radius 1 is 0.593 bits per heavy atom. The molecule has 2 aromatic carbocycles. The first-order chi connectivity index (χ1) is 26.6. The number of nitrogens with zero attached hydrogens (tertiary/aromatic N) is 4. The zero-order valence-electron chi connectivity index (χ0n) is 32.4. The SMILES string of the molecule is Cc1cc2c3c(c(NC4CC4)nc2cc1OCCCN1CCCC1)COC3.Cc1cc2nc(NC3CC3)c3c(c2cc1OCCCN1CCCC1)COC3. The average Bonchev–Trinajstić information content (AvgIpc) is 3.78. The third kappa shape index (κ3) is 8.27. The fourth-order valence-corrected chi connectivity index (χ4v) is 8.50. The molecule has 0 radical (unpaired) electrons. The lowest BCUT2D eigenvalue weighted by molar-refractivity contribution is 0.135. The highest BCUT2D eigenvalue weighted by Crippen LogP contribution is 2.39. The van der Waals surface area contributed by atoms with Crippen LogP contribution in [0.3, 0.4) is 0 Å². The van der Waals surface area contributed by atoms with Gasteiger partial charge in [0.1, 0.15) is 23.1 Å². The van der Waals surface area contributed by atoms with Crippen molar-refractivity contribution in [2.75, 3.05) is 63.1 Å². The van der Waals surface area contributed by atoms with Gasteiger partial charge in [-0.2, -0.15) is 0 Å². The number of hydrogen-bond acceptors (Lipinski definition) is 10. The lowest BCUT2D eigenvalue weighted by Gasteiger charge is -2.16. The molecule has 288 valence electrons. The van der Waals surface area contributed by atoms with E-state index in [4.69, 9.17) is 28.9 Å². The van der Waals surface area contributed by atoms with Crippen molar-refractivity contribution in [3.05, 3.63) is 57.6 Å². The predicted molar refractivity (Wildman–Crippen MR) is 215 cm³/mol. The van der Waals surface area contributed by atoms with E-state index in [0.717, 1.165) is 78.9 Å². The second-order valence-corrected chi connectivity index (χ2v) is 16.4. The van der Waals surface area contributed by atoms with Crippen molar-refractivity contribution >= 4 is 33.4 Å². The fraction of sp³-hybridized carbons (Fsp3) is 0.591. The number of fused-ring (bicyclic) bond motifs is 6. The minimum absolute atomic E-state index is 0.589. The molecule has 2 aliphatic carbocycles. The standard InChI is InChI=1S/2C22H29N3O2/c1-15-11-20-17(12-21(15)27-10-4-9-25-7-2-3-8-25)18-13-26-14-19(18)22(24-20)23-16-5-6-16;1-15-11-17-18-13-26-14-19(18)22(23-16-5-6-16)24-20(17)12-21(15)27-10-4-9-25-7-2-3-8-25/h2*11-12,16H,2-10,13-14H2,1H3,(H,23,24). The van der Waals surface area contributed by atoms with Crippen LogP contribution in [0.15, 0.2) is 24.3 Å². The molecule has 0 atom stereocenters. The number of rotatable bonds is 14. The van der Waals surface area contributed by atoms with Gasteiger partial charge in [0.25, 0.3) is 0 Å². The molecule has 10 heteroatoms. The summed E-state index contributed by atoms with van der Waals surface area (Å²) in [4.78, 5) is 14.9. The van der Waals surface area contributed by atoms with Gasteiger partial charge in [0.05, 0.1) is 50.7 Å². The summed E-state index contributed by atoms with van der Waals surface area (Å²) in [6, 6.07) is 9.89. The van der Waals surface area contributed by atoms with Gasteiger partial charge in [-0.1, -0.05) is 0 Å². The molecule has 4 aromatic rings. The maximum Gasteiger partial charge on any atom is 0.132 e. The van der Waals surface area contributed by atoms with Crippen molar-refractivity contribution < 1.29 is 18.9 Å². The van der Waals surface area contributed by atoms with E-state index in [-0.39, 0.29) is 0 Å². The first kappa shape index (κ1) is 36.0. The van der Waals surface area contributed by atoms with Crippen LogP contribution >= 0.6 is 0 Å². The molecule has 6 aliphatic rings. The van der Waals surface area contributed by atoms with Crippen LogP contribution in [0, 0.1) is 13.8 Å². The lowest BCUT2D eigenvalue weighted by Crippen LogP contribution is -2.22. The van der Waals surface area contributed by atoms with E-state index in [1.54, 1.807) is 0 Å². The van der Waals surface area contributed by atoms with Crippen LogP contribution in [-0.4, -0.2) is 84.3 Å². The summed E-state index contributed by atoms with van der Waals surface area (Å²) in [7, 11) is 0. The summed E-state index contributed by atoms with van der Waals surface area (Å²) in [6.07, 6.45) is 12.5.